The van der Waals surface area contributed by atoms with Crippen LogP contribution in [-0.4, -0.2) is 0 Å². The van der Waals surface area contributed by atoms with Crippen LogP contribution in [0.1, 0.15) is 5.56 Å². The fraction of sp³-hybridized carbons (Fsp3) is 0.143. The molecule has 6 heteroatoms. The minimum absolute atomic E-state index is 0.225. The molecule has 0 fully saturated rings. The molecule has 0 aliphatic carbocycles. The summed E-state index contributed by atoms with van der Waals surface area (Å²) in [5.74, 6) is -0.756. The Morgan fingerprint density at radius 1 is 1.23 bits per heavy atom. The highest BCUT2D eigenvalue weighted by atomic mass is 35.7. The molecule has 1 aromatic rings. The molecule has 1 aromatic carbocycles. The molecule has 72 valence electrons. The maximum atomic E-state index is 12.7. The first-order valence-electron chi connectivity index (χ1n) is 3.10. The first-order chi connectivity index (χ1) is 5.95. The molecule has 0 aliphatic rings. The predicted octanol–water partition coefficient (Wildman–Crippen LogP) is 4.09. The quantitative estimate of drug-likeness (QED) is 0.655. The summed E-state index contributed by atoms with van der Waals surface area (Å²) in [5, 5.41) is 0. The molecule has 0 nitrogen and oxygen atoms in total. The van der Waals surface area contributed by atoms with E-state index in [0.717, 1.165) is 6.07 Å². The van der Waals surface area contributed by atoms with E-state index in [1.165, 1.54) is 0 Å². The van der Waals surface area contributed by atoms with Gasteiger partial charge in [-0.1, -0.05) is 0 Å². The lowest BCUT2D eigenvalue weighted by Gasteiger charge is -2.07. The number of rotatable bonds is 1. The Labute approximate surface area is 80.4 Å². The first-order valence-corrected chi connectivity index (χ1v) is 4.75. The van der Waals surface area contributed by atoms with Crippen LogP contribution < -0.4 is 0 Å². The van der Waals surface area contributed by atoms with Crippen LogP contribution in [0.2, 0.25) is 0 Å². The molecule has 0 bridgehead atoms. The van der Waals surface area contributed by atoms with Crippen molar-refractivity contribution in [2.75, 3.05) is 0 Å². The van der Waals surface area contributed by atoms with Gasteiger partial charge < -0.3 is 0 Å². The summed E-state index contributed by atoms with van der Waals surface area (Å²) in [7, 11) is 5.59. The fourth-order valence-electron chi connectivity index (χ4n) is 0.739. The highest BCUT2D eigenvalue weighted by Crippen LogP contribution is 2.34. The zero-order valence-corrected chi connectivity index (χ0v) is 7.60. The van der Waals surface area contributed by atoms with Gasteiger partial charge in [0.15, 0.2) is 0 Å². The van der Waals surface area contributed by atoms with Crippen molar-refractivity contribution in [1.82, 2.24) is 0 Å². The van der Waals surface area contributed by atoms with Gasteiger partial charge in [-0.15, -0.1) is 0 Å². The monoisotopic (exact) mass is 230 g/mol. The molecule has 0 saturated heterocycles. The predicted molar refractivity (Wildman–Crippen MR) is 43.1 cm³/mol. The van der Waals surface area contributed by atoms with Crippen molar-refractivity contribution >= 4 is 21.7 Å². The second kappa shape index (κ2) is 3.75. The van der Waals surface area contributed by atoms with Crippen LogP contribution in [0.15, 0.2) is 23.1 Å². The SMILES string of the molecule is Fc1ccc(C(F)(F)F)cc1SCl. The number of alkyl halides is 3. The third kappa shape index (κ3) is 2.51. The van der Waals surface area contributed by atoms with Gasteiger partial charge in [0.1, 0.15) is 5.82 Å². The second-order valence-corrected chi connectivity index (χ2v) is 3.28. The molecule has 1 rings (SSSR count). The number of benzene rings is 1. The average molecular weight is 231 g/mol. The standard InChI is InChI=1S/C7H3ClF4S/c8-13-6-3-4(7(10,11)12)1-2-5(6)9/h1-3H. The van der Waals surface area contributed by atoms with Crippen molar-refractivity contribution in [3.8, 4) is 0 Å². The van der Waals surface area contributed by atoms with Crippen molar-refractivity contribution < 1.29 is 17.6 Å². The van der Waals surface area contributed by atoms with Crippen LogP contribution in [0, 0.1) is 5.82 Å². The zero-order valence-electron chi connectivity index (χ0n) is 6.03. The third-order valence-electron chi connectivity index (χ3n) is 1.34. The van der Waals surface area contributed by atoms with Gasteiger partial charge in [-0.2, -0.15) is 13.2 Å². The molecule has 0 heterocycles. The van der Waals surface area contributed by atoms with E-state index < -0.39 is 17.6 Å². The largest absolute Gasteiger partial charge is 0.416 e. The summed E-state index contributed by atoms with van der Waals surface area (Å²) in [6.07, 6.45) is -4.46. The van der Waals surface area contributed by atoms with Gasteiger partial charge in [-0.05, 0) is 39.9 Å². The van der Waals surface area contributed by atoms with Gasteiger partial charge in [-0.25, -0.2) is 4.39 Å². The molecule has 0 saturated carbocycles. The van der Waals surface area contributed by atoms with E-state index in [1.807, 2.05) is 0 Å². The van der Waals surface area contributed by atoms with Crippen LogP contribution in [-0.2, 0) is 6.18 Å². The lowest BCUT2D eigenvalue weighted by atomic mass is 10.2. The van der Waals surface area contributed by atoms with Crippen LogP contribution in [0.4, 0.5) is 17.6 Å². The molecule has 0 radical (unpaired) electrons. The van der Waals surface area contributed by atoms with Gasteiger partial charge in [0.2, 0.25) is 0 Å². The Balaban J connectivity index is 3.14. The van der Waals surface area contributed by atoms with Crippen molar-refractivity contribution in [2.24, 2.45) is 0 Å². The Morgan fingerprint density at radius 2 is 1.85 bits per heavy atom. The average Bonchev–Trinajstić information content (AvgIpc) is 2.03. The molecule has 0 atom stereocenters. The molecule has 0 N–H and O–H groups in total. The Hall–Kier alpha value is -0.420. The molecule has 0 aliphatic heterocycles. The molecule has 0 unspecified atom stereocenters. The lowest BCUT2D eigenvalue weighted by molar-refractivity contribution is -0.137. The number of hydrogen-bond donors (Lipinski definition) is 0. The van der Waals surface area contributed by atoms with Crippen LogP contribution >= 0.6 is 21.7 Å². The zero-order chi connectivity index (χ0) is 10.1. The van der Waals surface area contributed by atoms with Gasteiger partial charge >= 0.3 is 6.18 Å². The minimum atomic E-state index is -4.46. The summed E-state index contributed by atoms with van der Waals surface area (Å²) in [6, 6.07) is 2.09. The van der Waals surface area contributed by atoms with E-state index in [-0.39, 0.29) is 4.90 Å². The van der Waals surface area contributed by atoms with E-state index in [4.69, 9.17) is 10.7 Å². The number of halogens is 5. The maximum absolute atomic E-state index is 12.7. The van der Waals surface area contributed by atoms with Crippen molar-refractivity contribution in [3.05, 3.63) is 29.6 Å². The normalized spacial score (nSPS) is 11.8. The highest BCUT2D eigenvalue weighted by Gasteiger charge is 2.31. The fourth-order valence-corrected chi connectivity index (χ4v) is 1.41. The van der Waals surface area contributed by atoms with Gasteiger partial charge in [-0.3, -0.25) is 0 Å². The third-order valence-corrected chi connectivity index (χ3v) is 2.32. The number of hydrogen-bond acceptors (Lipinski definition) is 1. The van der Waals surface area contributed by atoms with Crippen LogP contribution in [0.5, 0.6) is 0 Å². The summed E-state index contributed by atoms with van der Waals surface area (Å²) in [4.78, 5) is -0.225. The van der Waals surface area contributed by atoms with Gasteiger partial charge in [0.25, 0.3) is 0 Å². The van der Waals surface area contributed by atoms with Crippen LogP contribution in [0.25, 0.3) is 0 Å². The first kappa shape index (κ1) is 10.7. The Morgan fingerprint density at radius 3 is 2.31 bits per heavy atom. The van der Waals surface area contributed by atoms with Crippen LogP contribution in [0.3, 0.4) is 0 Å². The molecule has 0 aromatic heterocycles. The molecule has 13 heavy (non-hydrogen) atoms. The summed E-state index contributed by atoms with van der Waals surface area (Å²) < 4.78 is 48.9. The lowest BCUT2D eigenvalue weighted by Crippen LogP contribution is -2.04. The van der Waals surface area contributed by atoms with Crippen molar-refractivity contribution in [2.45, 2.75) is 11.1 Å². The Bertz CT molecular complexity index is 310. The highest BCUT2D eigenvalue weighted by molar-refractivity contribution is 8.21. The minimum Gasteiger partial charge on any atom is -0.206 e. The maximum Gasteiger partial charge on any atom is 0.416 e. The molecule has 0 spiro atoms. The molecule has 0 amide bonds. The van der Waals surface area contributed by atoms with Gasteiger partial charge in [0.05, 0.1) is 10.5 Å². The Kier molecular flexibility index (Phi) is 3.08. The van der Waals surface area contributed by atoms with E-state index in [9.17, 15) is 17.6 Å². The van der Waals surface area contributed by atoms with E-state index >= 15 is 0 Å². The van der Waals surface area contributed by atoms with E-state index in [1.54, 1.807) is 0 Å². The molecular weight excluding hydrogens is 228 g/mol. The second-order valence-electron chi connectivity index (χ2n) is 2.22. The van der Waals surface area contributed by atoms with E-state index in [2.05, 4.69) is 0 Å². The molecular formula is C7H3ClF4S. The van der Waals surface area contributed by atoms with Gasteiger partial charge in [0, 0.05) is 0 Å². The summed E-state index contributed by atoms with van der Waals surface area (Å²) in [6.45, 7) is 0. The van der Waals surface area contributed by atoms with Crippen molar-refractivity contribution in [1.29, 1.82) is 0 Å². The topological polar surface area (TPSA) is 0 Å². The van der Waals surface area contributed by atoms with Crippen molar-refractivity contribution in [3.63, 3.8) is 0 Å². The summed E-state index contributed by atoms with van der Waals surface area (Å²) in [5.41, 5.74) is -0.906. The summed E-state index contributed by atoms with van der Waals surface area (Å²) >= 11 is 0. The van der Waals surface area contributed by atoms with E-state index in [0.29, 0.717) is 23.1 Å². The smallest absolute Gasteiger partial charge is 0.206 e.